The van der Waals surface area contributed by atoms with Crippen LogP contribution >= 0.6 is 0 Å². The molecular formula is C16H26N4O. The van der Waals surface area contributed by atoms with Crippen LogP contribution in [-0.4, -0.2) is 68.6 Å². The lowest BCUT2D eigenvalue weighted by Crippen LogP contribution is -2.48. The Morgan fingerprint density at radius 1 is 1.10 bits per heavy atom. The van der Waals surface area contributed by atoms with Crippen molar-refractivity contribution in [1.29, 1.82) is 0 Å². The minimum atomic E-state index is 0.0696. The molecular weight excluding hydrogens is 264 g/mol. The third kappa shape index (κ3) is 5.83. The second-order valence-electron chi connectivity index (χ2n) is 5.48. The first kappa shape index (κ1) is 15.9. The van der Waals surface area contributed by atoms with Crippen molar-refractivity contribution in [3.05, 3.63) is 35.9 Å². The van der Waals surface area contributed by atoms with E-state index in [9.17, 15) is 4.79 Å². The van der Waals surface area contributed by atoms with Crippen LogP contribution in [0.5, 0.6) is 0 Å². The van der Waals surface area contributed by atoms with Gasteiger partial charge >= 0.3 is 0 Å². The van der Waals surface area contributed by atoms with E-state index < -0.39 is 0 Å². The van der Waals surface area contributed by atoms with Crippen molar-refractivity contribution in [1.82, 2.24) is 20.4 Å². The van der Waals surface area contributed by atoms with Gasteiger partial charge in [0.05, 0.1) is 6.54 Å². The Kier molecular flexibility index (Phi) is 6.66. The monoisotopic (exact) mass is 290 g/mol. The Hall–Kier alpha value is -1.43. The number of hydrogen-bond acceptors (Lipinski definition) is 4. The zero-order chi connectivity index (χ0) is 14.9. The van der Waals surface area contributed by atoms with Gasteiger partial charge in [-0.1, -0.05) is 30.3 Å². The van der Waals surface area contributed by atoms with Crippen molar-refractivity contribution in [2.45, 2.75) is 6.54 Å². The molecule has 1 aliphatic heterocycles. The minimum Gasteiger partial charge on any atom is -0.354 e. The van der Waals surface area contributed by atoms with Gasteiger partial charge in [0.1, 0.15) is 0 Å². The van der Waals surface area contributed by atoms with Gasteiger partial charge in [-0.25, -0.2) is 0 Å². The Balaban J connectivity index is 1.61. The molecule has 21 heavy (non-hydrogen) atoms. The van der Waals surface area contributed by atoms with E-state index in [1.807, 2.05) is 0 Å². The number of piperazine rings is 1. The van der Waals surface area contributed by atoms with Gasteiger partial charge in [-0.15, -0.1) is 0 Å². The number of rotatable bonds is 7. The SMILES string of the molecule is CNCC(=O)NCCN1CCN(Cc2ccccc2)CC1. The number of amides is 1. The van der Waals surface area contributed by atoms with Crippen LogP contribution in [0.2, 0.25) is 0 Å². The first-order chi connectivity index (χ1) is 10.3. The quantitative estimate of drug-likeness (QED) is 0.750. The maximum absolute atomic E-state index is 11.3. The second-order valence-corrected chi connectivity index (χ2v) is 5.48. The lowest BCUT2D eigenvalue weighted by molar-refractivity contribution is -0.120. The van der Waals surface area contributed by atoms with Crippen molar-refractivity contribution < 1.29 is 4.79 Å². The number of benzene rings is 1. The van der Waals surface area contributed by atoms with Gasteiger partial charge in [0.2, 0.25) is 5.91 Å². The topological polar surface area (TPSA) is 47.6 Å². The zero-order valence-electron chi connectivity index (χ0n) is 12.8. The van der Waals surface area contributed by atoms with E-state index in [2.05, 4.69) is 50.8 Å². The summed E-state index contributed by atoms with van der Waals surface area (Å²) in [5.41, 5.74) is 1.38. The van der Waals surface area contributed by atoms with Crippen molar-refractivity contribution in [2.24, 2.45) is 0 Å². The molecule has 0 radical (unpaired) electrons. The van der Waals surface area contributed by atoms with Gasteiger partial charge in [0.25, 0.3) is 0 Å². The van der Waals surface area contributed by atoms with E-state index in [-0.39, 0.29) is 5.91 Å². The van der Waals surface area contributed by atoms with E-state index in [1.54, 1.807) is 7.05 Å². The van der Waals surface area contributed by atoms with Crippen molar-refractivity contribution in [3.8, 4) is 0 Å². The van der Waals surface area contributed by atoms with Crippen molar-refractivity contribution >= 4 is 5.91 Å². The van der Waals surface area contributed by atoms with E-state index >= 15 is 0 Å². The molecule has 2 rings (SSSR count). The molecule has 5 heteroatoms. The standard InChI is InChI=1S/C16H26N4O/c1-17-13-16(21)18-7-8-19-9-11-20(12-10-19)14-15-5-3-2-4-6-15/h2-6,17H,7-14H2,1H3,(H,18,21). The summed E-state index contributed by atoms with van der Waals surface area (Å²) in [7, 11) is 1.78. The number of carbonyl (C=O) groups is 1. The molecule has 1 aromatic rings. The van der Waals surface area contributed by atoms with Gasteiger partial charge in [0, 0.05) is 45.8 Å². The minimum absolute atomic E-state index is 0.0696. The molecule has 1 saturated heterocycles. The van der Waals surface area contributed by atoms with Crippen LogP contribution in [0, 0.1) is 0 Å². The maximum Gasteiger partial charge on any atom is 0.233 e. The summed E-state index contributed by atoms with van der Waals surface area (Å²) in [6, 6.07) is 10.6. The lowest BCUT2D eigenvalue weighted by Gasteiger charge is -2.34. The van der Waals surface area contributed by atoms with Crippen molar-refractivity contribution in [2.75, 3.05) is 52.9 Å². The molecule has 0 spiro atoms. The highest BCUT2D eigenvalue weighted by atomic mass is 16.1. The van der Waals surface area contributed by atoms with E-state index in [0.717, 1.165) is 45.8 Å². The molecule has 1 aromatic carbocycles. The molecule has 116 valence electrons. The highest BCUT2D eigenvalue weighted by molar-refractivity contribution is 5.77. The van der Waals surface area contributed by atoms with Gasteiger partial charge in [-0.3, -0.25) is 14.6 Å². The predicted octanol–water partition coefficient (Wildman–Crippen LogP) is 0.140. The molecule has 1 aliphatic rings. The highest BCUT2D eigenvalue weighted by Crippen LogP contribution is 2.07. The predicted molar refractivity (Wildman–Crippen MR) is 85.1 cm³/mol. The smallest absolute Gasteiger partial charge is 0.233 e. The fourth-order valence-electron chi connectivity index (χ4n) is 2.59. The first-order valence-corrected chi connectivity index (χ1v) is 7.68. The molecule has 0 aromatic heterocycles. The second kappa shape index (κ2) is 8.77. The fraction of sp³-hybridized carbons (Fsp3) is 0.562. The Bertz CT molecular complexity index is 416. The Morgan fingerprint density at radius 2 is 1.76 bits per heavy atom. The number of carbonyl (C=O) groups excluding carboxylic acids is 1. The lowest BCUT2D eigenvalue weighted by atomic mass is 10.2. The van der Waals surface area contributed by atoms with Crippen LogP contribution in [-0.2, 0) is 11.3 Å². The molecule has 2 N–H and O–H groups in total. The van der Waals surface area contributed by atoms with Crippen LogP contribution in [0.25, 0.3) is 0 Å². The normalized spacial score (nSPS) is 16.8. The van der Waals surface area contributed by atoms with Crippen LogP contribution in [0.1, 0.15) is 5.56 Å². The molecule has 0 atom stereocenters. The fourth-order valence-corrected chi connectivity index (χ4v) is 2.59. The Morgan fingerprint density at radius 3 is 2.43 bits per heavy atom. The summed E-state index contributed by atoms with van der Waals surface area (Å²) in [4.78, 5) is 16.2. The molecule has 1 heterocycles. The van der Waals surface area contributed by atoms with Gasteiger partial charge in [-0.05, 0) is 12.6 Å². The van der Waals surface area contributed by atoms with E-state index in [1.165, 1.54) is 5.56 Å². The average molecular weight is 290 g/mol. The third-order valence-corrected chi connectivity index (χ3v) is 3.80. The number of likely N-dealkylation sites (N-methyl/N-ethyl adjacent to an activating group) is 1. The van der Waals surface area contributed by atoms with Gasteiger partial charge in [0.15, 0.2) is 0 Å². The summed E-state index contributed by atoms with van der Waals surface area (Å²) in [6.45, 7) is 7.45. The summed E-state index contributed by atoms with van der Waals surface area (Å²) in [6.07, 6.45) is 0. The Labute approximate surface area is 127 Å². The molecule has 0 saturated carbocycles. The first-order valence-electron chi connectivity index (χ1n) is 7.68. The maximum atomic E-state index is 11.3. The summed E-state index contributed by atoms with van der Waals surface area (Å²) in [5, 5.41) is 5.78. The van der Waals surface area contributed by atoms with Gasteiger partial charge in [-0.2, -0.15) is 0 Å². The van der Waals surface area contributed by atoms with Crippen LogP contribution in [0.15, 0.2) is 30.3 Å². The van der Waals surface area contributed by atoms with Crippen LogP contribution in [0.4, 0.5) is 0 Å². The average Bonchev–Trinajstić information content (AvgIpc) is 2.50. The number of hydrogen-bond donors (Lipinski definition) is 2. The van der Waals surface area contributed by atoms with Crippen molar-refractivity contribution in [3.63, 3.8) is 0 Å². The molecule has 5 nitrogen and oxygen atoms in total. The summed E-state index contributed by atoms with van der Waals surface area (Å²) < 4.78 is 0. The molecule has 1 amide bonds. The van der Waals surface area contributed by atoms with Crippen LogP contribution in [0.3, 0.4) is 0 Å². The van der Waals surface area contributed by atoms with Crippen LogP contribution < -0.4 is 10.6 Å². The zero-order valence-corrected chi connectivity index (χ0v) is 12.8. The molecule has 1 fully saturated rings. The highest BCUT2D eigenvalue weighted by Gasteiger charge is 2.16. The number of nitrogens with zero attached hydrogens (tertiary/aromatic N) is 2. The van der Waals surface area contributed by atoms with E-state index in [4.69, 9.17) is 0 Å². The third-order valence-electron chi connectivity index (χ3n) is 3.80. The summed E-state index contributed by atoms with van der Waals surface area (Å²) in [5.74, 6) is 0.0696. The largest absolute Gasteiger partial charge is 0.354 e. The molecule has 0 unspecified atom stereocenters. The number of nitrogens with one attached hydrogen (secondary N) is 2. The summed E-state index contributed by atoms with van der Waals surface area (Å²) >= 11 is 0. The molecule has 0 aliphatic carbocycles. The van der Waals surface area contributed by atoms with Gasteiger partial charge < -0.3 is 10.6 Å². The molecule has 0 bridgehead atoms. The van der Waals surface area contributed by atoms with E-state index in [0.29, 0.717) is 6.54 Å².